The number of hydrogen-bond donors (Lipinski definition) is 1. The first-order valence-electron chi connectivity index (χ1n) is 11.6. The quantitative estimate of drug-likeness (QED) is 0.510. The van der Waals surface area contributed by atoms with Gasteiger partial charge >= 0.3 is 0 Å². The highest BCUT2D eigenvalue weighted by Crippen LogP contribution is 2.55. The van der Waals surface area contributed by atoms with E-state index in [1.165, 1.54) is 26.6 Å². The Labute approximate surface area is 217 Å². The fraction of sp³-hybridized carbons (Fsp3) is 0.308. The number of anilines is 1. The molecule has 0 radical (unpaired) electrons. The van der Waals surface area contributed by atoms with Crippen LogP contribution in [0.2, 0.25) is 5.02 Å². The molecular formula is C26H23ClN4O6. The van der Waals surface area contributed by atoms with Gasteiger partial charge in [-0.1, -0.05) is 30.7 Å². The van der Waals surface area contributed by atoms with Crippen LogP contribution < -0.4 is 24.3 Å². The summed E-state index contributed by atoms with van der Waals surface area (Å²) in [6.07, 6.45) is 1.78. The second kappa shape index (κ2) is 8.24. The smallest absolute Gasteiger partial charge is 0.236 e. The van der Waals surface area contributed by atoms with Gasteiger partial charge in [0, 0.05) is 23.3 Å². The minimum Gasteiger partial charge on any atom is -0.497 e. The number of allylic oxidation sites excluding steroid dienone is 1. The Morgan fingerprint density at radius 1 is 1.08 bits per heavy atom. The van der Waals surface area contributed by atoms with E-state index in [0.29, 0.717) is 29.4 Å². The number of carbonyl (C=O) groups is 2. The number of Topliss-reactive ketones (excluding diaryl/α,β-unsaturated/α-hetero) is 2. The molecule has 0 bridgehead atoms. The van der Waals surface area contributed by atoms with Crippen LogP contribution in [0.1, 0.15) is 35.3 Å². The Bertz CT molecular complexity index is 1500. The van der Waals surface area contributed by atoms with Crippen molar-refractivity contribution in [3.63, 3.8) is 0 Å². The monoisotopic (exact) mass is 522 g/mol. The van der Waals surface area contributed by atoms with E-state index in [1.54, 1.807) is 11.8 Å². The van der Waals surface area contributed by atoms with Gasteiger partial charge in [-0.15, -0.1) is 0 Å². The van der Waals surface area contributed by atoms with E-state index in [9.17, 15) is 9.59 Å². The first kappa shape index (κ1) is 23.4. The molecule has 1 N–H and O–H groups in total. The zero-order chi connectivity index (χ0) is 26.1. The zero-order valence-corrected chi connectivity index (χ0v) is 21.3. The van der Waals surface area contributed by atoms with Crippen LogP contribution in [0.3, 0.4) is 0 Å². The molecule has 1 aliphatic carbocycles. The maximum absolute atomic E-state index is 14.5. The molecule has 11 heteroatoms. The van der Waals surface area contributed by atoms with Gasteiger partial charge in [-0.25, -0.2) is 4.68 Å². The van der Waals surface area contributed by atoms with Crippen molar-refractivity contribution in [2.45, 2.75) is 25.0 Å². The second-order valence-electron chi connectivity index (χ2n) is 9.12. The maximum Gasteiger partial charge on any atom is 0.236 e. The van der Waals surface area contributed by atoms with Crippen LogP contribution in [0, 0.1) is 5.92 Å². The number of benzene rings is 2. The summed E-state index contributed by atoms with van der Waals surface area (Å²) in [6, 6.07) is 8.23. The summed E-state index contributed by atoms with van der Waals surface area (Å²) in [5.41, 5.74) is 0.134. The van der Waals surface area contributed by atoms with Crippen LogP contribution in [0.5, 0.6) is 23.0 Å². The Kier molecular flexibility index (Phi) is 5.20. The summed E-state index contributed by atoms with van der Waals surface area (Å²) < 4.78 is 24.1. The van der Waals surface area contributed by atoms with E-state index < -0.39 is 29.1 Å². The molecule has 3 aromatic rings. The molecule has 2 aromatic carbocycles. The number of rotatable bonds is 4. The lowest BCUT2D eigenvalue weighted by atomic mass is 9.69. The number of methoxy groups -OCH3 is 3. The molecule has 0 saturated carbocycles. The lowest BCUT2D eigenvalue weighted by Gasteiger charge is -2.41. The summed E-state index contributed by atoms with van der Waals surface area (Å²) in [5.74, 6) is 0.283. The fourth-order valence-corrected chi connectivity index (χ4v) is 5.75. The van der Waals surface area contributed by atoms with Crippen LogP contribution in [0.25, 0.3) is 0 Å². The number of ether oxygens (including phenoxy) is 4. The van der Waals surface area contributed by atoms with E-state index >= 15 is 0 Å². The third-order valence-electron chi connectivity index (χ3n) is 7.32. The van der Waals surface area contributed by atoms with Crippen molar-refractivity contribution < 1.29 is 28.5 Å². The molecule has 0 fully saturated rings. The lowest BCUT2D eigenvalue weighted by Crippen LogP contribution is -2.58. The van der Waals surface area contributed by atoms with Crippen molar-refractivity contribution in [2.24, 2.45) is 5.92 Å². The third kappa shape index (κ3) is 3.05. The Morgan fingerprint density at radius 2 is 1.81 bits per heavy atom. The summed E-state index contributed by atoms with van der Waals surface area (Å²) in [7, 11) is 4.47. The predicted octanol–water partition coefficient (Wildman–Crippen LogP) is 3.85. The van der Waals surface area contributed by atoms with E-state index in [1.807, 2.05) is 31.2 Å². The number of aromatic nitrogens is 3. The van der Waals surface area contributed by atoms with Gasteiger partial charge in [-0.3, -0.25) is 9.59 Å². The molecule has 3 atom stereocenters. The van der Waals surface area contributed by atoms with Gasteiger partial charge in [-0.2, -0.15) is 10.1 Å². The predicted molar refractivity (Wildman–Crippen MR) is 133 cm³/mol. The summed E-state index contributed by atoms with van der Waals surface area (Å²) >= 11 is 6.56. The van der Waals surface area contributed by atoms with E-state index in [2.05, 4.69) is 15.4 Å². The largest absolute Gasteiger partial charge is 0.497 e. The van der Waals surface area contributed by atoms with Crippen molar-refractivity contribution in [3.8, 4) is 23.0 Å². The van der Waals surface area contributed by atoms with Crippen molar-refractivity contribution in [2.75, 3.05) is 26.6 Å². The van der Waals surface area contributed by atoms with E-state index in [4.69, 9.17) is 30.5 Å². The molecule has 1 spiro atoms. The number of hydrogen-bond acceptors (Lipinski definition) is 9. The number of nitrogens with zero attached hydrogens (tertiary/aromatic N) is 3. The molecule has 1 aromatic heterocycles. The van der Waals surface area contributed by atoms with E-state index in [0.717, 1.165) is 5.56 Å². The summed E-state index contributed by atoms with van der Waals surface area (Å²) in [6.45, 7) is 1.81. The summed E-state index contributed by atoms with van der Waals surface area (Å²) in [5, 5.41) is 7.73. The minimum absolute atomic E-state index is 0.0818. The van der Waals surface area contributed by atoms with Gasteiger partial charge in [0.1, 0.15) is 40.2 Å². The highest BCUT2D eigenvalue weighted by Gasteiger charge is 2.63. The zero-order valence-electron chi connectivity index (χ0n) is 20.5. The molecule has 37 heavy (non-hydrogen) atoms. The average molecular weight is 523 g/mol. The highest BCUT2D eigenvalue weighted by molar-refractivity contribution is 6.36. The van der Waals surface area contributed by atoms with Crippen molar-refractivity contribution >= 4 is 29.1 Å². The Hall–Kier alpha value is -4.05. The number of ketones is 2. The Balaban J connectivity index is 1.52. The van der Waals surface area contributed by atoms with Crippen LogP contribution in [0.4, 0.5) is 5.95 Å². The van der Waals surface area contributed by atoms with Crippen LogP contribution in [-0.4, -0.2) is 53.3 Å². The SMILES string of the molecule is COc1ccc(C2C3=C(C[C@@H](C)[C@]4(Oc5c(Cl)c(OC)cc(OC)c5C4=O)C3=O)Nc3ncnn32)cc1. The molecule has 10 nitrogen and oxygen atoms in total. The maximum atomic E-state index is 14.5. The van der Waals surface area contributed by atoms with Gasteiger partial charge in [0.15, 0.2) is 5.75 Å². The summed E-state index contributed by atoms with van der Waals surface area (Å²) in [4.78, 5) is 33.0. The average Bonchev–Trinajstić information content (AvgIpc) is 3.50. The first-order valence-corrected chi connectivity index (χ1v) is 12.0. The Morgan fingerprint density at radius 3 is 2.49 bits per heavy atom. The molecule has 3 heterocycles. The molecule has 1 unspecified atom stereocenters. The molecule has 6 rings (SSSR count). The first-order chi connectivity index (χ1) is 17.8. The highest BCUT2D eigenvalue weighted by atomic mass is 35.5. The van der Waals surface area contributed by atoms with Gasteiger partial charge < -0.3 is 24.3 Å². The third-order valence-corrected chi connectivity index (χ3v) is 7.67. The molecular weight excluding hydrogens is 500 g/mol. The topological polar surface area (TPSA) is 114 Å². The molecule has 3 aliphatic rings. The number of carbonyl (C=O) groups excluding carboxylic acids is 2. The standard InChI is InChI=1S/C26H23ClN4O6/c1-12-9-15-18(21(31-25(30-15)28-11-29-31)13-5-7-14(34-2)8-6-13)23(32)26(12)24(33)19-16(35-3)10-17(36-4)20(27)22(19)37-26/h5-8,10-12,21H,9H2,1-4H3,(H,28,29,30)/t12-,21?,26+/m1/s1. The molecule has 0 amide bonds. The number of fused-ring (bicyclic) bond motifs is 2. The van der Waals surface area contributed by atoms with Gasteiger partial charge in [-0.05, 0) is 24.1 Å². The minimum atomic E-state index is -1.82. The molecule has 0 saturated heterocycles. The van der Waals surface area contributed by atoms with Crippen molar-refractivity contribution in [1.29, 1.82) is 0 Å². The number of nitrogens with one attached hydrogen (secondary N) is 1. The van der Waals surface area contributed by atoms with Gasteiger partial charge in [0.2, 0.25) is 23.1 Å². The molecule has 190 valence electrons. The second-order valence-corrected chi connectivity index (χ2v) is 9.50. The van der Waals surface area contributed by atoms with Crippen molar-refractivity contribution in [1.82, 2.24) is 14.8 Å². The van der Waals surface area contributed by atoms with E-state index in [-0.39, 0.29) is 27.8 Å². The van der Waals surface area contributed by atoms with Crippen molar-refractivity contribution in [3.05, 3.63) is 64.1 Å². The van der Waals surface area contributed by atoms with Crippen LogP contribution in [0.15, 0.2) is 47.9 Å². The fourth-order valence-electron chi connectivity index (χ4n) is 5.48. The van der Waals surface area contributed by atoms with Crippen LogP contribution >= 0.6 is 11.6 Å². The molecule has 2 aliphatic heterocycles. The lowest BCUT2D eigenvalue weighted by molar-refractivity contribution is -0.130. The van der Waals surface area contributed by atoms with Gasteiger partial charge in [0.25, 0.3) is 0 Å². The number of halogens is 1. The normalized spacial score (nSPS) is 23.7. The van der Waals surface area contributed by atoms with Gasteiger partial charge in [0.05, 0.1) is 21.3 Å². The van der Waals surface area contributed by atoms with Crippen LogP contribution in [-0.2, 0) is 4.79 Å².